The van der Waals surface area contributed by atoms with Crippen molar-refractivity contribution in [3.63, 3.8) is 0 Å². The molecule has 1 heterocycles. The zero-order valence-corrected chi connectivity index (χ0v) is 12.5. The van der Waals surface area contributed by atoms with Gasteiger partial charge in [0.1, 0.15) is 6.61 Å². The van der Waals surface area contributed by atoms with Gasteiger partial charge in [-0.05, 0) is 38.9 Å². The predicted octanol–water partition coefficient (Wildman–Crippen LogP) is 2.56. The number of ether oxygens (including phenoxy) is 2. The van der Waals surface area contributed by atoms with E-state index in [1.807, 2.05) is 27.0 Å². The summed E-state index contributed by atoms with van der Waals surface area (Å²) in [5.74, 6) is 0.698. The Bertz CT molecular complexity index is 343. The van der Waals surface area contributed by atoms with E-state index in [1.165, 1.54) is 5.56 Å². The van der Waals surface area contributed by atoms with Crippen molar-refractivity contribution in [2.45, 2.75) is 46.3 Å². The molecule has 0 aliphatic carbocycles. The van der Waals surface area contributed by atoms with Gasteiger partial charge in [0.15, 0.2) is 0 Å². The summed E-state index contributed by atoms with van der Waals surface area (Å²) in [6, 6.07) is 4.13. The second kappa shape index (κ2) is 8.88. The number of hydrogen-bond donors (Lipinski definition) is 1. The van der Waals surface area contributed by atoms with Crippen molar-refractivity contribution in [3.8, 4) is 5.88 Å². The SMILES string of the molecule is CCCc1cc(CNC)cc(OCCOC(C)C)n1. The molecule has 1 N–H and O–H groups in total. The maximum atomic E-state index is 5.67. The zero-order chi connectivity index (χ0) is 14.1. The summed E-state index contributed by atoms with van der Waals surface area (Å²) < 4.78 is 11.1. The topological polar surface area (TPSA) is 43.4 Å². The fourth-order valence-corrected chi connectivity index (χ4v) is 1.81. The minimum absolute atomic E-state index is 0.239. The van der Waals surface area contributed by atoms with E-state index in [0.717, 1.165) is 25.1 Å². The fourth-order valence-electron chi connectivity index (χ4n) is 1.81. The monoisotopic (exact) mass is 266 g/mol. The first-order valence-electron chi connectivity index (χ1n) is 7.04. The van der Waals surface area contributed by atoms with Gasteiger partial charge in [0.05, 0.1) is 12.7 Å². The highest BCUT2D eigenvalue weighted by molar-refractivity contribution is 5.25. The molecule has 0 saturated heterocycles. The lowest BCUT2D eigenvalue weighted by Crippen LogP contribution is -2.13. The lowest BCUT2D eigenvalue weighted by Gasteiger charge is -2.11. The van der Waals surface area contributed by atoms with E-state index in [9.17, 15) is 0 Å². The average molecular weight is 266 g/mol. The molecule has 4 heteroatoms. The third-order valence-electron chi connectivity index (χ3n) is 2.59. The molecule has 0 spiro atoms. The first-order chi connectivity index (χ1) is 9.15. The Morgan fingerprint density at radius 2 is 2.05 bits per heavy atom. The molecular weight excluding hydrogens is 240 g/mol. The van der Waals surface area contributed by atoms with Crippen LogP contribution in [0.4, 0.5) is 0 Å². The maximum Gasteiger partial charge on any atom is 0.213 e. The van der Waals surface area contributed by atoms with Gasteiger partial charge in [-0.25, -0.2) is 4.98 Å². The number of hydrogen-bond acceptors (Lipinski definition) is 4. The van der Waals surface area contributed by atoms with Crippen molar-refractivity contribution in [2.75, 3.05) is 20.3 Å². The van der Waals surface area contributed by atoms with Crippen LogP contribution in [0.15, 0.2) is 12.1 Å². The Labute approximate surface area is 116 Å². The lowest BCUT2D eigenvalue weighted by molar-refractivity contribution is 0.0542. The van der Waals surface area contributed by atoms with Crippen molar-refractivity contribution in [1.29, 1.82) is 0 Å². The average Bonchev–Trinajstić information content (AvgIpc) is 2.35. The Morgan fingerprint density at radius 3 is 2.68 bits per heavy atom. The number of rotatable bonds is 9. The standard InChI is InChI=1S/C15H26N2O2/c1-5-6-14-9-13(11-16-4)10-15(17-14)19-8-7-18-12(2)3/h9-10,12,16H,5-8,11H2,1-4H3. The number of pyridine rings is 1. The largest absolute Gasteiger partial charge is 0.475 e. The van der Waals surface area contributed by atoms with Crippen molar-refractivity contribution >= 4 is 0 Å². The summed E-state index contributed by atoms with van der Waals surface area (Å²) >= 11 is 0. The van der Waals surface area contributed by atoms with Crippen molar-refractivity contribution in [2.24, 2.45) is 0 Å². The van der Waals surface area contributed by atoms with Crippen molar-refractivity contribution < 1.29 is 9.47 Å². The molecule has 108 valence electrons. The number of aryl methyl sites for hydroxylation is 1. The van der Waals surface area contributed by atoms with Gasteiger partial charge in [-0.15, -0.1) is 0 Å². The Morgan fingerprint density at radius 1 is 1.26 bits per heavy atom. The van der Waals surface area contributed by atoms with Gasteiger partial charge in [0.2, 0.25) is 5.88 Å². The Kier molecular flexibility index (Phi) is 7.45. The predicted molar refractivity (Wildman–Crippen MR) is 77.6 cm³/mol. The van der Waals surface area contributed by atoms with Crippen LogP contribution in [-0.2, 0) is 17.7 Å². The van der Waals surface area contributed by atoms with E-state index in [-0.39, 0.29) is 6.10 Å². The molecule has 0 aliphatic rings. The summed E-state index contributed by atoms with van der Waals surface area (Å²) in [6.07, 6.45) is 2.31. The molecule has 0 aromatic carbocycles. The zero-order valence-electron chi connectivity index (χ0n) is 12.5. The van der Waals surface area contributed by atoms with Crippen LogP contribution >= 0.6 is 0 Å². The van der Waals surface area contributed by atoms with E-state index in [2.05, 4.69) is 23.3 Å². The van der Waals surface area contributed by atoms with Crippen LogP contribution in [0.25, 0.3) is 0 Å². The molecule has 0 bridgehead atoms. The van der Waals surface area contributed by atoms with Crippen LogP contribution < -0.4 is 10.1 Å². The van der Waals surface area contributed by atoms with E-state index < -0.39 is 0 Å². The van der Waals surface area contributed by atoms with Gasteiger partial charge in [-0.3, -0.25) is 0 Å². The molecule has 0 saturated carbocycles. The molecule has 0 unspecified atom stereocenters. The van der Waals surface area contributed by atoms with Gasteiger partial charge < -0.3 is 14.8 Å². The molecule has 0 radical (unpaired) electrons. The molecule has 1 aromatic rings. The third kappa shape index (κ3) is 6.55. The minimum Gasteiger partial charge on any atom is -0.475 e. The molecule has 0 amide bonds. The van der Waals surface area contributed by atoms with Gasteiger partial charge in [-0.1, -0.05) is 13.3 Å². The summed E-state index contributed by atoms with van der Waals surface area (Å²) in [4.78, 5) is 4.52. The Balaban J connectivity index is 2.59. The normalized spacial score (nSPS) is 11.0. The Hall–Kier alpha value is -1.13. The summed E-state index contributed by atoms with van der Waals surface area (Å²) in [5, 5.41) is 3.15. The molecule has 19 heavy (non-hydrogen) atoms. The van der Waals surface area contributed by atoms with E-state index in [0.29, 0.717) is 19.1 Å². The lowest BCUT2D eigenvalue weighted by atomic mass is 10.1. The van der Waals surface area contributed by atoms with Crippen LogP contribution in [0.3, 0.4) is 0 Å². The highest BCUT2D eigenvalue weighted by Gasteiger charge is 2.04. The van der Waals surface area contributed by atoms with E-state index >= 15 is 0 Å². The van der Waals surface area contributed by atoms with Crippen LogP contribution in [0.2, 0.25) is 0 Å². The molecule has 1 aromatic heterocycles. The molecule has 0 fully saturated rings. The smallest absolute Gasteiger partial charge is 0.213 e. The van der Waals surface area contributed by atoms with Gasteiger partial charge in [-0.2, -0.15) is 0 Å². The molecule has 0 atom stereocenters. The van der Waals surface area contributed by atoms with Gasteiger partial charge in [0, 0.05) is 18.3 Å². The van der Waals surface area contributed by atoms with Crippen LogP contribution in [0, 0.1) is 0 Å². The minimum atomic E-state index is 0.239. The van der Waals surface area contributed by atoms with Crippen LogP contribution in [-0.4, -0.2) is 31.3 Å². The van der Waals surface area contributed by atoms with Crippen LogP contribution in [0.5, 0.6) is 5.88 Å². The molecule has 0 aliphatic heterocycles. The first-order valence-corrected chi connectivity index (χ1v) is 7.04. The van der Waals surface area contributed by atoms with Crippen molar-refractivity contribution in [1.82, 2.24) is 10.3 Å². The summed E-state index contributed by atoms with van der Waals surface area (Å²) in [5.41, 5.74) is 2.30. The molecule has 1 rings (SSSR count). The van der Waals surface area contributed by atoms with Crippen LogP contribution in [0.1, 0.15) is 38.4 Å². The van der Waals surface area contributed by atoms with E-state index in [1.54, 1.807) is 0 Å². The number of aromatic nitrogens is 1. The second-order valence-corrected chi connectivity index (χ2v) is 4.85. The molecular formula is C15H26N2O2. The highest BCUT2D eigenvalue weighted by atomic mass is 16.5. The van der Waals surface area contributed by atoms with Crippen molar-refractivity contribution in [3.05, 3.63) is 23.4 Å². The first kappa shape index (κ1) is 15.9. The number of nitrogens with zero attached hydrogens (tertiary/aromatic N) is 1. The van der Waals surface area contributed by atoms with Gasteiger partial charge in [0.25, 0.3) is 0 Å². The quantitative estimate of drug-likeness (QED) is 0.698. The summed E-state index contributed by atoms with van der Waals surface area (Å²) in [6.45, 7) is 8.16. The van der Waals surface area contributed by atoms with Gasteiger partial charge >= 0.3 is 0 Å². The number of nitrogens with one attached hydrogen (secondary N) is 1. The molecule has 4 nitrogen and oxygen atoms in total. The highest BCUT2D eigenvalue weighted by Crippen LogP contribution is 2.14. The maximum absolute atomic E-state index is 5.67. The second-order valence-electron chi connectivity index (χ2n) is 4.85. The van der Waals surface area contributed by atoms with E-state index in [4.69, 9.17) is 9.47 Å². The third-order valence-corrected chi connectivity index (χ3v) is 2.59. The fraction of sp³-hybridized carbons (Fsp3) is 0.667. The summed E-state index contributed by atoms with van der Waals surface area (Å²) in [7, 11) is 1.94.